The summed E-state index contributed by atoms with van der Waals surface area (Å²) in [6.07, 6.45) is -2.08. The molecule has 0 saturated carbocycles. The number of carbonyl (C=O) groups is 4. The van der Waals surface area contributed by atoms with E-state index in [4.69, 9.17) is 23.7 Å². The van der Waals surface area contributed by atoms with Crippen LogP contribution in [0.3, 0.4) is 0 Å². The standard InChI is InChI=1S/C32H39BrO9/c1-8-17(2)27-15-29(39-20(5)35)28(13-24(27)12-23-9-10-25(33)11-18(23)3)31-32(41-22(7)37)30(40-21(6)36)14-26(42-31)16-38-19(4)34/h9-11,13,15,17,26,30-32H,8,12,14,16H2,1-7H3/t17?,26-,30-,31-,32+/m0/s1. The average Bonchev–Trinajstić information content (AvgIpc) is 2.89. The van der Waals surface area contributed by atoms with E-state index in [0.29, 0.717) is 12.0 Å². The minimum absolute atomic E-state index is 0.102. The number of halogens is 1. The van der Waals surface area contributed by atoms with E-state index in [2.05, 4.69) is 41.9 Å². The lowest BCUT2D eigenvalue weighted by Crippen LogP contribution is -2.49. The molecule has 1 fully saturated rings. The molecule has 42 heavy (non-hydrogen) atoms. The summed E-state index contributed by atoms with van der Waals surface area (Å²) in [6, 6.07) is 9.87. The van der Waals surface area contributed by atoms with Crippen molar-refractivity contribution >= 4 is 39.8 Å². The summed E-state index contributed by atoms with van der Waals surface area (Å²) in [5.41, 5.74) is 4.66. The van der Waals surface area contributed by atoms with E-state index >= 15 is 0 Å². The molecule has 10 heteroatoms. The van der Waals surface area contributed by atoms with Gasteiger partial charge in [-0.2, -0.15) is 0 Å². The first kappa shape index (κ1) is 33.3. The van der Waals surface area contributed by atoms with Gasteiger partial charge in [0.1, 0.15) is 24.6 Å². The minimum Gasteiger partial charge on any atom is -0.463 e. The monoisotopic (exact) mass is 646 g/mol. The number of ether oxygens (including phenoxy) is 5. The zero-order valence-corrected chi connectivity index (χ0v) is 26.7. The molecule has 1 saturated heterocycles. The highest BCUT2D eigenvalue weighted by Crippen LogP contribution is 2.43. The topological polar surface area (TPSA) is 114 Å². The molecule has 3 rings (SSSR count). The van der Waals surface area contributed by atoms with Crippen LogP contribution in [0.2, 0.25) is 0 Å². The van der Waals surface area contributed by atoms with Gasteiger partial charge in [0.05, 0.1) is 6.10 Å². The van der Waals surface area contributed by atoms with Crippen LogP contribution >= 0.6 is 15.9 Å². The highest BCUT2D eigenvalue weighted by molar-refractivity contribution is 9.10. The molecule has 5 atom stereocenters. The molecule has 0 aromatic heterocycles. The molecule has 2 aromatic carbocycles. The summed E-state index contributed by atoms with van der Waals surface area (Å²) in [5, 5.41) is 0. The summed E-state index contributed by atoms with van der Waals surface area (Å²) in [7, 11) is 0. The quantitative estimate of drug-likeness (QED) is 0.173. The lowest BCUT2D eigenvalue weighted by molar-refractivity contribution is -0.214. The van der Waals surface area contributed by atoms with Crippen LogP contribution < -0.4 is 4.74 Å². The number of carbonyl (C=O) groups excluding carboxylic acids is 4. The van der Waals surface area contributed by atoms with Crippen LogP contribution in [-0.2, 0) is 44.5 Å². The maximum atomic E-state index is 12.3. The van der Waals surface area contributed by atoms with Crippen LogP contribution in [0, 0.1) is 6.92 Å². The molecule has 1 heterocycles. The molecule has 1 unspecified atom stereocenters. The average molecular weight is 648 g/mol. The second-order valence-corrected chi connectivity index (χ2v) is 11.6. The van der Waals surface area contributed by atoms with Crippen molar-refractivity contribution in [3.05, 3.63) is 62.6 Å². The predicted molar refractivity (Wildman–Crippen MR) is 158 cm³/mol. The van der Waals surface area contributed by atoms with Crippen molar-refractivity contribution in [1.29, 1.82) is 0 Å². The van der Waals surface area contributed by atoms with Gasteiger partial charge in [-0.1, -0.05) is 35.8 Å². The summed E-state index contributed by atoms with van der Waals surface area (Å²) < 4.78 is 29.6. The summed E-state index contributed by atoms with van der Waals surface area (Å²) in [6.45, 7) is 11.2. The predicted octanol–water partition coefficient (Wildman–Crippen LogP) is 6.04. The number of benzene rings is 2. The van der Waals surface area contributed by atoms with E-state index in [1.54, 1.807) is 0 Å². The van der Waals surface area contributed by atoms with Gasteiger partial charge in [-0.3, -0.25) is 19.2 Å². The number of rotatable bonds is 10. The third-order valence-electron chi connectivity index (χ3n) is 7.25. The van der Waals surface area contributed by atoms with Gasteiger partial charge in [0.2, 0.25) is 0 Å². The molecule has 0 spiro atoms. The van der Waals surface area contributed by atoms with E-state index in [9.17, 15) is 19.2 Å². The zero-order valence-electron chi connectivity index (χ0n) is 25.2. The van der Waals surface area contributed by atoms with E-state index in [1.807, 2.05) is 25.1 Å². The van der Waals surface area contributed by atoms with Crippen molar-refractivity contribution in [3.63, 3.8) is 0 Å². The molecule has 0 aliphatic carbocycles. The summed E-state index contributed by atoms with van der Waals surface area (Å²) in [4.78, 5) is 48.2. The Kier molecular flexibility index (Phi) is 11.7. The second-order valence-electron chi connectivity index (χ2n) is 10.7. The van der Waals surface area contributed by atoms with Crippen molar-refractivity contribution in [3.8, 4) is 5.75 Å². The molecule has 1 aliphatic rings. The molecule has 228 valence electrons. The highest BCUT2D eigenvalue weighted by Gasteiger charge is 2.45. The first-order valence-electron chi connectivity index (χ1n) is 14.0. The Hall–Kier alpha value is -3.24. The molecule has 2 aromatic rings. The zero-order chi connectivity index (χ0) is 31.1. The first-order valence-corrected chi connectivity index (χ1v) is 14.8. The van der Waals surface area contributed by atoms with Gasteiger partial charge in [0, 0.05) is 44.2 Å². The number of esters is 4. The molecule has 0 bridgehead atoms. The largest absolute Gasteiger partial charge is 0.463 e. The maximum absolute atomic E-state index is 12.3. The fourth-order valence-electron chi connectivity index (χ4n) is 5.17. The van der Waals surface area contributed by atoms with Gasteiger partial charge >= 0.3 is 23.9 Å². The fourth-order valence-corrected chi connectivity index (χ4v) is 5.65. The third kappa shape index (κ3) is 8.88. The minimum atomic E-state index is -1.05. The smallest absolute Gasteiger partial charge is 0.308 e. The molecule has 1 aliphatic heterocycles. The Labute approximate surface area is 255 Å². The van der Waals surface area contributed by atoms with Crippen LogP contribution in [0.15, 0.2) is 34.8 Å². The van der Waals surface area contributed by atoms with E-state index in [0.717, 1.165) is 33.1 Å². The molecule has 0 N–H and O–H groups in total. The van der Waals surface area contributed by atoms with Crippen LogP contribution in [0.4, 0.5) is 0 Å². The number of aryl methyl sites for hydroxylation is 1. The summed E-state index contributed by atoms with van der Waals surface area (Å²) >= 11 is 3.53. The van der Waals surface area contributed by atoms with Crippen LogP contribution in [0.5, 0.6) is 5.75 Å². The summed E-state index contributed by atoms with van der Waals surface area (Å²) in [5.74, 6) is -1.79. The maximum Gasteiger partial charge on any atom is 0.308 e. The highest BCUT2D eigenvalue weighted by atomic mass is 79.9. The Balaban J connectivity index is 2.24. The Morgan fingerprint density at radius 2 is 1.64 bits per heavy atom. The number of hydrogen-bond acceptors (Lipinski definition) is 9. The van der Waals surface area contributed by atoms with Gasteiger partial charge < -0.3 is 23.7 Å². The Bertz CT molecular complexity index is 1320. The third-order valence-corrected chi connectivity index (χ3v) is 7.74. The molecule has 0 radical (unpaired) electrons. The molecular weight excluding hydrogens is 608 g/mol. The molecular formula is C32H39BrO9. The lowest BCUT2D eigenvalue weighted by atomic mass is 9.85. The lowest BCUT2D eigenvalue weighted by Gasteiger charge is -2.41. The fraction of sp³-hybridized carbons (Fsp3) is 0.500. The van der Waals surface area contributed by atoms with Crippen LogP contribution in [0.25, 0.3) is 0 Å². The second kappa shape index (κ2) is 14.8. The van der Waals surface area contributed by atoms with E-state index in [1.165, 1.54) is 27.7 Å². The Morgan fingerprint density at radius 1 is 0.952 bits per heavy atom. The Morgan fingerprint density at radius 3 is 2.21 bits per heavy atom. The van der Waals surface area contributed by atoms with Crippen molar-refractivity contribution in [1.82, 2.24) is 0 Å². The first-order chi connectivity index (χ1) is 19.8. The normalized spacial score (nSPS) is 20.8. The molecule has 0 amide bonds. The van der Waals surface area contributed by atoms with Gasteiger partial charge in [0.25, 0.3) is 0 Å². The van der Waals surface area contributed by atoms with Crippen molar-refractivity contribution in [2.75, 3.05) is 6.61 Å². The van der Waals surface area contributed by atoms with Crippen molar-refractivity contribution in [2.45, 2.75) is 98.1 Å². The van der Waals surface area contributed by atoms with Crippen LogP contribution in [-0.4, -0.2) is 48.8 Å². The van der Waals surface area contributed by atoms with Gasteiger partial charge in [-0.25, -0.2) is 0 Å². The van der Waals surface area contributed by atoms with Crippen molar-refractivity contribution < 1.29 is 42.9 Å². The van der Waals surface area contributed by atoms with Gasteiger partial charge in [0.15, 0.2) is 6.10 Å². The van der Waals surface area contributed by atoms with E-state index < -0.39 is 48.3 Å². The van der Waals surface area contributed by atoms with Crippen LogP contribution in [0.1, 0.15) is 94.2 Å². The SMILES string of the molecule is CCC(C)c1cc(OC(C)=O)c([C@@H]2O[C@H](COC(C)=O)C[C@H](OC(C)=O)[C@H]2OC(C)=O)cc1Cc1ccc(Br)cc1C. The van der Waals surface area contributed by atoms with Gasteiger partial charge in [-0.05, 0) is 72.2 Å². The number of hydrogen-bond donors (Lipinski definition) is 0. The van der Waals surface area contributed by atoms with E-state index in [-0.39, 0.29) is 24.7 Å². The van der Waals surface area contributed by atoms with Gasteiger partial charge in [-0.15, -0.1) is 0 Å². The van der Waals surface area contributed by atoms with Crippen molar-refractivity contribution in [2.24, 2.45) is 0 Å². The molecule has 9 nitrogen and oxygen atoms in total.